The lowest BCUT2D eigenvalue weighted by atomic mass is 10.1. The molecule has 4 aromatic heterocycles. The molecular formula is C22H22N10O. The Morgan fingerprint density at radius 2 is 1.85 bits per heavy atom. The minimum Gasteiger partial charge on any atom is -0.345 e. The van der Waals surface area contributed by atoms with Gasteiger partial charge in [-0.3, -0.25) is 4.79 Å². The molecule has 1 amide bonds. The number of hydrogen-bond donors (Lipinski definition) is 1. The third kappa shape index (κ3) is 4.25. The topological polar surface area (TPSA) is 128 Å². The number of carbonyl (C=O) groups is 1. The van der Waals surface area contributed by atoms with Crippen LogP contribution in [0, 0.1) is 0 Å². The first-order chi connectivity index (χ1) is 16.1. The van der Waals surface area contributed by atoms with Gasteiger partial charge in [0.2, 0.25) is 11.9 Å². The Hall–Kier alpha value is -4.28. The predicted octanol–water partition coefficient (Wildman–Crippen LogP) is 2.03. The number of anilines is 1. The van der Waals surface area contributed by atoms with E-state index in [4.69, 9.17) is 0 Å². The molecule has 0 saturated carbocycles. The van der Waals surface area contributed by atoms with Gasteiger partial charge >= 0.3 is 0 Å². The summed E-state index contributed by atoms with van der Waals surface area (Å²) in [5.74, 6) is 1.51. The summed E-state index contributed by atoms with van der Waals surface area (Å²) in [6.45, 7) is 2.67. The number of likely N-dealkylation sites (N-methyl/N-ethyl adjacent to an activating group) is 1. The van der Waals surface area contributed by atoms with Crippen LogP contribution in [0.15, 0.2) is 55.1 Å². The molecule has 0 aliphatic carbocycles. The standard InChI is InChI=1S/C22H22N10O/c1-14(20-23-9-4-10-24-20)26-22-25-11-7-17(28-22)16-5-3-6-19(27-16)32-13-18(29-30-32)15-8-12-31(2)21(15)33/h3-7,9-11,13-15H,8,12H2,1-2H3,(H,25,26,28)/t14-,15+/m1/s1. The Morgan fingerprint density at radius 1 is 1.03 bits per heavy atom. The van der Waals surface area contributed by atoms with Crippen molar-refractivity contribution < 1.29 is 4.79 Å². The number of nitrogens with one attached hydrogen (secondary N) is 1. The molecule has 1 aliphatic rings. The molecule has 1 fully saturated rings. The molecule has 1 N–H and O–H groups in total. The molecule has 5 rings (SSSR count). The average molecular weight is 442 g/mol. The first-order valence-corrected chi connectivity index (χ1v) is 10.6. The fourth-order valence-corrected chi connectivity index (χ4v) is 3.70. The summed E-state index contributed by atoms with van der Waals surface area (Å²) in [5.41, 5.74) is 1.97. The van der Waals surface area contributed by atoms with Crippen molar-refractivity contribution in [2.45, 2.75) is 25.3 Å². The molecule has 0 bridgehead atoms. The number of pyridine rings is 1. The van der Waals surface area contributed by atoms with Crippen molar-refractivity contribution in [2.75, 3.05) is 18.9 Å². The molecule has 1 aliphatic heterocycles. The van der Waals surface area contributed by atoms with E-state index in [9.17, 15) is 4.79 Å². The number of aromatic nitrogens is 8. The summed E-state index contributed by atoms with van der Waals surface area (Å²) >= 11 is 0. The Bertz CT molecular complexity index is 1270. The first-order valence-electron chi connectivity index (χ1n) is 10.6. The summed E-state index contributed by atoms with van der Waals surface area (Å²) in [6.07, 6.45) is 7.58. The lowest BCUT2D eigenvalue weighted by Gasteiger charge is -2.12. The highest BCUT2D eigenvalue weighted by atomic mass is 16.2. The first kappa shape index (κ1) is 20.6. The quantitative estimate of drug-likeness (QED) is 0.477. The third-order valence-electron chi connectivity index (χ3n) is 5.50. The highest BCUT2D eigenvalue weighted by Gasteiger charge is 2.32. The van der Waals surface area contributed by atoms with Crippen LogP contribution < -0.4 is 5.32 Å². The van der Waals surface area contributed by atoms with Crippen molar-refractivity contribution in [1.82, 2.24) is 44.8 Å². The summed E-state index contributed by atoms with van der Waals surface area (Å²) in [6, 6.07) is 8.98. The van der Waals surface area contributed by atoms with E-state index in [2.05, 4.69) is 40.5 Å². The highest BCUT2D eigenvalue weighted by Crippen LogP contribution is 2.26. The van der Waals surface area contributed by atoms with E-state index in [-0.39, 0.29) is 17.9 Å². The van der Waals surface area contributed by atoms with Crippen LogP contribution in [-0.2, 0) is 4.79 Å². The van der Waals surface area contributed by atoms with Gasteiger partial charge in [-0.15, -0.1) is 5.10 Å². The zero-order chi connectivity index (χ0) is 22.8. The summed E-state index contributed by atoms with van der Waals surface area (Å²) < 4.78 is 1.58. The highest BCUT2D eigenvalue weighted by molar-refractivity contribution is 5.84. The second kappa shape index (κ2) is 8.69. The maximum atomic E-state index is 12.3. The Kier molecular flexibility index (Phi) is 5.43. The third-order valence-corrected chi connectivity index (χ3v) is 5.50. The number of nitrogens with zero attached hydrogens (tertiary/aromatic N) is 9. The summed E-state index contributed by atoms with van der Waals surface area (Å²) in [7, 11) is 1.80. The minimum absolute atomic E-state index is 0.0694. The van der Waals surface area contributed by atoms with E-state index in [1.165, 1.54) is 0 Å². The molecule has 0 spiro atoms. The Labute approximate surface area is 190 Å². The molecule has 1 saturated heterocycles. The molecule has 11 heteroatoms. The van der Waals surface area contributed by atoms with Crippen molar-refractivity contribution in [2.24, 2.45) is 0 Å². The number of rotatable bonds is 6. The molecule has 2 atom stereocenters. The molecular weight excluding hydrogens is 420 g/mol. The van der Waals surface area contributed by atoms with Crippen molar-refractivity contribution in [3.05, 3.63) is 66.6 Å². The number of hydrogen-bond acceptors (Lipinski definition) is 9. The van der Waals surface area contributed by atoms with Crippen molar-refractivity contribution in [3.63, 3.8) is 0 Å². The summed E-state index contributed by atoms with van der Waals surface area (Å²) in [5, 5.41) is 11.6. The number of carbonyl (C=O) groups excluding carboxylic acids is 1. The lowest BCUT2D eigenvalue weighted by Crippen LogP contribution is -2.21. The fraction of sp³-hybridized carbons (Fsp3) is 0.273. The van der Waals surface area contributed by atoms with Crippen molar-refractivity contribution in [3.8, 4) is 17.2 Å². The van der Waals surface area contributed by atoms with Crippen molar-refractivity contribution >= 4 is 11.9 Å². The van der Waals surface area contributed by atoms with Crippen LogP contribution in [0.3, 0.4) is 0 Å². The molecule has 0 aromatic carbocycles. The van der Waals surface area contributed by atoms with Gasteiger partial charge in [-0.25, -0.2) is 29.6 Å². The smallest absolute Gasteiger partial charge is 0.231 e. The van der Waals surface area contributed by atoms with E-state index in [0.717, 1.165) is 13.0 Å². The average Bonchev–Trinajstić information content (AvgIpc) is 3.47. The zero-order valence-corrected chi connectivity index (χ0v) is 18.2. The van der Waals surface area contributed by atoms with Gasteiger partial charge in [-0.2, -0.15) is 0 Å². The Morgan fingerprint density at radius 3 is 2.64 bits per heavy atom. The van der Waals surface area contributed by atoms with Gasteiger partial charge < -0.3 is 10.2 Å². The zero-order valence-electron chi connectivity index (χ0n) is 18.2. The predicted molar refractivity (Wildman–Crippen MR) is 119 cm³/mol. The van der Waals surface area contributed by atoms with E-state index >= 15 is 0 Å². The van der Waals surface area contributed by atoms with E-state index in [0.29, 0.717) is 34.7 Å². The molecule has 33 heavy (non-hydrogen) atoms. The van der Waals surface area contributed by atoms with Gasteiger partial charge in [0.15, 0.2) is 5.82 Å². The van der Waals surface area contributed by atoms with Gasteiger partial charge in [0, 0.05) is 32.2 Å². The van der Waals surface area contributed by atoms with Crippen LogP contribution in [0.2, 0.25) is 0 Å². The van der Waals surface area contributed by atoms with Crippen LogP contribution in [0.1, 0.15) is 36.8 Å². The van der Waals surface area contributed by atoms with Crippen molar-refractivity contribution in [1.29, 1.82) is 0 Å². The molecule has 4 aromatic rings. The van der Waals surface area contributed by atoms with Gasteiger partial charge in [0.1, 0.15) is 5.82 Å². The number of amides is 1. The molecule has 0 radical (unpaired) electrons. The van der Waals surface area contributed by atoms with Gasteiger partial charge in [-0.05, 0) is 37.6 Å². The van der Waals surface area contributed by atoms with E-state index < -0.39 is 0 Å². The normalized spacial score (nSPS) is 16.7. The SMILES string of the molecule is C[C@@H](Nc1nccc(-c2cccc(-n3cc([C@@H]4CCN(C)C4=O)nn3)n2)n1)c1ncccn1. The van der Waals surface area contributed by atoms with Gasteiger partial charge in [-0.1, -0.05) is 11.3 Å². The maximum absolute atomic E-state index is 12.3. The molecule has 5 heterocycles. The van der Waals surface area contributed by atoms with Crippen LogP contribution >= 0.6 is 0 Å². The minimum atomic E-state index is -0.252. The number of likely N-dealkylation sites (tertiary alicyclic amines) is 1. The molecule has 166 valence electrons. The van der Waals surface area contributed by atoms with Crippen LogP contribution in [0.25, 0.3) is 17.2 Å². The maximum Gasteiger partial charge on any atom is 0.231 e. The fourth-order valence-electron chi connectivity index (χ4n) is 3.70. The van der Waals surface area contributed by atoms with E-state index in [1.807, 2.05) is 25.1 Å². The van der Waals surface area contributed by atoms with Gasteiger partial charge in [0.25, 0.3) is 0 Å². The monoisotopic (exact) mass is 442 g/mol. The lowest BCUT2D eigenvalue weighted by molar-refractivity contribution is -0.127. The molecule has 0 unspecified atom stereocenters. The van der Waals surface area contributed by atoms with Crippen LogP contribution in [0.5, 0.6) is 0 Å². The summed E-state index contributed by atoms with van der Waals surface area (Å²) in [4.78, 5) is 36.1. The second-order valence-corrected chi connectivity index (χ2v) is 7.81. The van der Waals surface area contributed by atoms with Gasteiger partial charge in [0.05, 0.1) is 35.2 Å². The Balaban J connectivity index is 1.37. The molecule has 11 nitrogen and oxygen atoms in total. The van der Waals surface area contributed by atoms with E-state index in [1.54, 1.807) is 53.5 Å². The second-order valence-electron chi connectivity index (χ2n) is 7.81. The van der Waals surface area contributed by atoms with Crippen LogP contribution in [0.4, 0.5) is 5.95 Å². The largest absolute Gasteiger partial charge is 0.345 e. The van der Waals surface area contributed by atoms with Crippen LogP contribution in [-0.4, -0.2) is 64.3 Å².